The molecule has 0 spiro atoms. The van der Waals surface area contributed by atoms with Gasteiger partial charge in [-0.3, -0.25) is 0 Å². The van der Waals surface area contributed by atoms with Gasteiger partial charge in [0.2, 0.25) is 0 Å². The Bertz CT molecular complexity index is 817. The van der Waals surface area contributed by atoms with Gasteiger partial charge in [-0.05, 0) is 27.2 Å². The summed E-state index contributed by atoms with van der Waals surface area (Å²) in [7, 11) is 1.86. The molecule has 4 aromatic carbocycles. The van der Waals surface area contributed by atoms with E-state index in [0.717, 1.165) is 13.0 Å². The molecule has 0 aliphatic rings. The van der Waals surface area contributed by atoms with Crippen LogP contribution in [0.4, 0.5) is 0 Å². The van der Waals surface area contributed by atoms with Gasteiger partial charge >= 0.3 is 26.2 Å². The summed E-state index contributed by atoms with van der Waals surface area (Å²) in [4.78, 5) is 0. The molecule has 0 unspecified atom stereocenters. The number of benzene rings is 2. The van der Waals surface area contributed by atoms with Gasteiger partial charge in [0.25, 0.3) is 0 Å². The molecular formula is C29H42Cl2OSiZr. The predicted octanol–water partition coefficient (Wildman–Crippen LogP) is 8.82. The molecular weight excluding hydrogens is 555 g/mol. The zero-order chi connectivity index (χ0) is 23.0. The van der Waals surface area contributed by atoms with Gasteiger partial charge < -0.3 is 11.7 Å². The summed E-state index contributed by atoms with van der Waals surface area (Å²) in [6, 6.07) is 29.3. The van der Waals surface area contributed by atoms with Crippen molar-refractivity contribution >= 4 is 56.6 Å². The van der Waals surface area contributed by atoms with Crippen molar-refractivity contribution in [3.63, 3.8) is 0 Å². The monoisotopic (exact) mass is 594 g/mol. The fourth-order valence-corrected chi connectivity index (χ4v) is 2.97. The number of hydrogen-bond acceptors (Lipinski definition) is 1. The van der Waals surface area contributed by atoms with Crippen LogP contribution in [0.15, 0.2) is 84.9 Å². The van der Waals surface area contributed by atoms with Crippen LogP contribution in [0.5, 0.6) is 0 Å². The number of ether oxygens (including phenoxy) is 1. The van der Waals surface area contributed by atoms with E-state index < -0.39 is 0 Å². The van der Waals surface area contributed by atoms with Crippen LogP contribution < -0.4 is 0 Å². The van der Waals surface area contributed by atoms with Crippen molar-refractivity contribution in [2.24, 2.45) is 0 Å². The molecule has 0 aliphatic carbocycles. The normalized spacial score (nSPS) is 9.47. The average Bonchev–Trinajstić information content (AvgIpc) is 3.44. The number of hydrogen-bond donors (Lipinski definition) is 0. The Hall–Kier alpha value is -0.700. The van der Waals surface area contributed by atoms with Gasteiger partial charge in [0.15, 0.2) is 0 Å². The molecule has 0 atom stereocenters. The summed E-state index contributed by atoms with van der Waals surface area (Å²) < 4.78 is 5.56. The van der Waals surface area contributed by atoms with Crippen LogP contribution >= 0.6 is 24.8 Å². The van der Waals surface area contributed by atoms with Gasteiger partial charge in [-0.25, -0.2) is 0 Å². The molecule has 4 rings (SSSR count). The number of halogens is 2. The smallest absolute Gasteiger partial charge is 0.376 e. The second-order valence-corrected chi connectivity index (χ2v) is 8.18. The summed E-state index contributed by atoms with van der Waals surface area (Å²) in [5.74, 6) is 0. The molecule has 0 bridgehead atoms. The molecule has 0 heterocycles. The molecule has 1 nitrogen and oxygen atoms in total. The quantitative estimate of drug-likeness (QED) is 0.127. The van der Waals surface area contributed by atoms with E-state index in [4.69, 9.17) is 4.74 Å². The van der Waals surface area contributed by atoms with E-state index in [9.17, 15) is 0 Å². The van der Waals surface area contributed by atoms with Crippen molar-refractivity contribution in [2.75, 3.05) is 6.61 Å². The van der Waals surface area contributed by atoms with E-state index in [1.165, 1.54) is 40.8 Å². The van der Waals surface area contributed by atoms with Crippen molar-refractivity contribution in [1.29, 1.82) is 0 Å². The van der Waals surface area contributed by atoms with Crippen LogP contribution in [0, 0.1) is 6.92 Å². The number of unbranched alkanes of at least 4 members (excludes halogenated alkanes) is 3. The maximum Gasteiger partial charge on any atom is 3.00 e. The standard InChI is InChI=1S/C10H21O.2C9H7.CH5Si.2ClH.Zr/c1-5-6-7-8-9-11-10(2,3)4;2*1-2-5-9-7-3-6-8(9)4-1;1-2;;;/h1,5-9H2,2-4H3;2*1-7H;2H2,1H3;2*1H;/q3*-1;;;;+3. The SMILES string of the molecule is C[SiH2].Cl.Cl.[CH2-]CCCCCOC(C)(C)C.[Zr+3].c1ccc2[cH-]ccc2c1.c1ccc2[cH-]ccc2c1. The first-order valence-corrected chi connectivity index (χ1v) is 12.8. The molecule has 34 heavy (non-hydrogen) atoms. The number of rotatable bonds is 5. The first-order chi connectivity index (χ1) is 15.0. The van der Waals surface area contributed by atoms with Gasteiger partial charge in [0.05, 0.1) is 5.60 Å². The van der Waals surface area contributed by atoms with E-state index in [-0.39, 0.29) is 56.6 Å². The zero-order valence-electron chi connectivity index (χ0n) is 21.3. The second kappa shape index (κ2) is 22.7. The molecule has 2 radical (unpaired) electrons. The largest absolute Gasteiger partial charge is 3.00 e. The van der Waals surface area contributed by atoms with Crippen molar-refractivity contribution in [2.45, 2.75) is 58.6 Å². The van der Waals surface area contributed by atoms with E-state index in [0.29, 0.717) is 0 Å². The summed E-state index contributed by atoms with van der Waals surface area (Å²) in [5.41, 5.74) is 0.0322. The van der Waals surface area contributed by atoms with Crippen LogP contribution in [0.1, 0.15) is 46.5 Å². The Kier molecular flexibility index (Phi) is 25.3. The Morgan fingerprint density at radius 3 is 1.56 bits per heavy atom. The number of fused-ring (bicyclic) bond motifs is 2. The first-order valence-electron chi connectivity index (χ1n) is 11.3. The summed E-state index contributed by atoms with van der Waals surface area (Å²) in [6.07, 6.45) is 4.70. The molecule has 0 saturated heterocycles. The fourth-order valence-electron chi connectivity index (χ4n) is 2.97. The van der Waals surface area contributed by atoms with Gasteiger partial charge in [0.1, 0.15) is 0 Å². The Morgan fingerprint density at radius 1 is 0.735 bits per heavy atom. The molecule has 186 valence electrons. The minimum Gasteiger partial charge on any atom is -0.376 e. The first kappa shape index (κ1) is 37.8. The molecule has 0 aromatic heterocycles. The average molecular weight is 597 g/mol. The summed E-state index contributed by atoms with van der Waals surface area (Å²) in [6.45, 7) is 13.0. The van der Waals surface area contributed by atoms with Crippen LogP contribution in [-0.4, -0.2) is 22.5 Å². The van der Waals surface area contributed by atoms with E-state index in [1.54, 1.807) is 0 Å². The Balaban J connectivity index is -0.000000392. The van der Waals surface area contributed by atoms with E-state index in [1.807, 2.05) is 16.8 Å². The van der Waals surface area contributed by atoms with E-state index >= 15 is 0 Å². The second-order valence-electron chi connectivity index (χ2n) is 8.18. The zero-order valence-corrected chi connectivity index (χ0v) is 26.8. The fraction of sp³-hybridized carbons (Fsp3) is 0.345. The topological polar surface area (TPSA) is 9.23 Å². The molecule has 0 fully saturated rings. The predicted molar refractivity (Wildman–Crippen MR) is 158 cm³/mol. The maximum absolute atomic E-state index is 5.56. The Morgan fingerprint density at radius 2 is 1.18 bits per heavy atom. The summed E-state index contributed by atoms with van der Waals surface area (Å²) in [5, 5.41) is 5.32. The van der Waals surface area contributed by atoms with Gasteiger partial charge in [0, 0.05) is 16.8 Å². The molecule has 0 saturated carbocycles. The minimum atomic E-state index is 0. The van der Waals surface area contributed by atoms with Crippen molar-refractivity contribution in [3.8, 4) is 0 Å². The molecule has 5 heteroatoms. The molecule has 0 N–H and O–H groups in total. The van der Waals surface area contributed by atoms with Crippen molar-refractivity contribution in [3.05, 3.63) is 91.9 Å². The third kappa shape index (κ3) is 16.8. The van der Waals surface area contributed by atoms with Gasteiger partial charge in [-0.1, -0.05) is 31.5 Å². The van der Waals surface area contributed by atoms with Crippen molar-refractivity contribution < 1.29 is 30.9 Å². The molecule has 0 aliphatic heterocycles. The van der Waals surface area contributed by atoms with Crippen LogP contribution in [0.25, 0.3) is 21.5 Å². The van der Waals surface area contributed by atoms with Gasteiger partial charge in [-0.2, -0.15) is 41.5 Å². The van der Waals surface area contributed by atoms with E-state index in [2.05, 4.69) is 113 Å². The molecule has 4 aromatic rings. The molecule has 0 amide bonds. The van der Waals surface area contributed by atoms with Crippen LogP contribution in [0.2, 0.25) is 6.55 Å². The third-order valence-corrected chi connectivity index (χ3v) is 4.52. The van der Waals surface area contributed by atoms with Gasteiger partial charge in [-0.15, -0.1) is 84.1 Å². The maximum atomic E-state index is 5.56. The summed E-state index contributed by atoms with van der Waals surface area (Å²) >= 11 is 0. The third-order valence-electron chi connectivity index (χ3n) is 4.52. The Labute approximate surface area is 243 Å². The van der Waals surface area contributed by atoms with Crippen molar-refractivity contribution in [1.82, 2.24) is 0 Å². The minimum absolute atomic E-state index is 0. The van der Waals surface area contributed by atoms with Crippen LogP contribution in [-0.2, 0) is 30.9 Å². The van der Waals surface area contributed by atoms with Crippen LogP contribution in [0.3, 0.4) is 0 Å².